The molecule has 52 valence electrons. The van der Waals surface area contributed by atoms with Gasteiger partial charge in [-0.1, -0.05) is 5.04 Å². The van der Waals surface area contributed by atoms with Gasteiger partial charge in [-0.15, -0.1) is 0 Å². The van der Waals surface area contributed by atoms with Crippen LogP contribution in [0.25, 0.3) is 0 Å². The van der Waals surface area contributed by atoms with E-state index in [9.17, 15) is 0 Å². The molecule has 0 atom stereocenters. The van der Waals surface area contributed by atoms with E-state index in [2.05, 4.69) is 5.04 Å². The van der Waals surface area contributed by atoms with Gasteiger partial charge in [0.25, 0.3) is 0 Å². The normalized spacial score (nSPS) is 7.70. The van der Waals surface area contributed by atoms with E-state index < -0.39 is 7.82 Å². The maximum atomic E-state index is 8.55. The van der Waals surface area contributed by atoms with Crippen molar-refractivity contribution in [3.63, 3.8) is 0 Å². The summed E-state index contributed by atoms with van der Waals surface area (Å²) < 4.78 is 8.55. The molecular weight excluding hydrogens is 271 g/mol. The van der Waals surface area contributed by atoms with Crippen molar-refractivity contribution in [1.29, 1.82) is 0 Å². The second kappa shape index (κ2) is 14.3. The summed E-state index contributed by atoms with van der Waals surface area (Å²) >= 11 is 0. The average Bonchev–Trinajstić information content (AvgIpc) is 1.27. The van der Waals surface area contributed by atoms with Crippen LogP contribution in [0.4, 0.5) is 0 Å². The Balaban J connectivity index is -0.0000000326. The third-order valence-electron chi connectivity index (χ3n) is 0. The van der Waals surface area contributed by atoms with Crippen LogP contribution in [0.2, 0.25) is 0 Å². The first-order valence-corrected chi connectivity index (χ1v) is 2.56. The Morgan fingerprint density at radius 2 is 1.20 bits per heavy atom. The third-order valence-corrected chi connectivity index (χ3v) is 0. The van der Waals surface area contributed by atoms with Crippen molar-refractivity contribution in [1.82, 2.24) is 0 Å². The fourth-order valence-corrected chi connectivity index (χ4v) is 0. The summed E-state index contributed by atoms with van der Waals surface area (Å²) in [5, 5.41) is 15.5. The van der Waals surface area contributed by atoms with Gasteiger partial charge in [0, 0.05) is 0 Å². The molecular formula is H2CaO7PSr+. The SMILES string of the molecule is O=P([O-])([O-])[O-].OOO.[Ca+2].[Sr+2]. The molecule has 0 aliphatic rings. The Morgan fingerprint density at radius 3 is 1.20 bits per heavy atom. The summed E-state index contributed by atoms with van der Waals surface area (Å²) in [6.07, 6.45) is 0. The Morgan fingerprint density at radius 1 is 1.20 bits per heavy atom. The van der Waals surface area contributed by atoms with Crippen LogP contribution < -0.4 is 14.7 Å². The Labute approximate surface area is 123 Å². The molecule has 7 nitrogen and oxygen atoms in total. The topological polar surface area (TPSA) is 136 Å². The van der Waals surface area contributed by atoms with Gasteiger partial charge < -0.3 is 19.2 Å². The molecule has 0 spiro atoms. The van der Waals surface area contributed by atoms with Crippen molar-refractivity contribution in [3.05, 3.63) is 0 Å². The molecule has 0 aliphatic heterocycles. The van der Waals surface area contributed by atoms with Gasteiger partial charge in [-0.2, -0.15) is 7.82 Å². The van der Waals surface area contributed by atoms with Crippen LogP contribution in [0.5, 0.6) is 0 Å². The summed E-state index contributed by atoms with van der Waals surface area (Å²) in [6.45, 7) is 0. The van der Waals surface area contributed by atoms with Gasteiger partial charge in [-0.25, -0.2) is 10.5 Å². The van der Waals surface area contributed by atoms with Crippen LogP contribution >= 0.6 is 7.82 Å². The zero-order valence-electron chi connectivity index (χ0n) is 4.80. The van der Waals surface area contributed by atoms with Crippen molar-refractivity contribution in [2.45, 2.75) is 0 Å². The first kappa shape index (κ1) is 23.0. The molecule has 0 aromatic heterocycles. The monoisotopic (exact) mass is 273 g/mol. The van der Waals surface area contributed by atoms with Crippen LogP contribution in [-0.2, 0) is 9.60 Å². The maximum Gasteiger partial charge on any atom is 2.00 e. The predicted molar refractivity (Wildman–Crippen MR) is 25.5 cm³/mol. The molecule has 0 unspecified atom stereocenters. The Bertz CT molecular complexity index is 69.4. The molecule has 10 heavy (non-hydrogen) atoms. The van der Waals surface area contributed by atoms with E-state index in [-0.39, 0.29) is 83.2 Å². The molecule has 0 aromatic carbocycles. The number of rotatable bonds is 0. The van der Waals surface area contributed by atoms with Crippen LogP contribution in [-0.4, -0.2) is 93.7 Å². The van der Waals surface area contributed by atoms with E-state index in [1.54, 1.807) is 0 Å². The second-order valence-electron chi connectivity index (χ2n) is 0.529. The summed E-state index contributed by atoms with van der Waals surface area (Å²) in [5.74, 6) is 0. The zero-order chi connectivity index (χ0) is 7.21. The summed E-state index contributed by atoms with van der Waals surface area (Å²) in [7, 11) is -5.39. The molecule has 0 saturated heterocycles. The number of hydrogen-bond acceptors (Lipinski definition) is 7. The van der Waals surface area contributed by atoms with Gasteiger partial charge in [-0.05, 0) is 0 Å². The smallest absolute Gasteiger partial charge is 0.822 e. The second-order valence-corrected chi connectivity index (χ2v) is 1.42. The first-order chi connectivity index (χ1) is 3.41. The molecule has 0 heterocycles. The minimum absolute atomic E-state index is 0. The number of phosphoric acid groups is 1. The van der Waals surface area contributed by atoms with E-state index in [1.807, 2.05) is 0 Å². The van der Waals surface area contributed by atoms with E-state index >= 15 is 0 Å². The summed E-state index contributed by atoms with van der Waals surface area (Å²) in [5.41, 5.74) is 0. The predicted octanol–water partition coefficient (Wildman–Crippen LogP) is -3.64. The van der Waals surface area contributed by atoms with Crippen molar-refractivity contribution >= 4 is 91.0 Å². The number of hydrogen-bond donors (Lipinski definition) is 2. The largest absolute Gasteiger partial charge is 2.00 e. The van der Waals surface area contributed by atoms with Crippen LogP contribution in [0.15, 0.2) is 0 Å². The van der Waals surface area contributed by atoms with E-state index in [0.717, 1.165) is 0 Å². The van der Waals surface area contributed by atoms with Crippen molar-refractivity contribution in [2.75, 3.05) is 0 Å². The molecule has 0 bridgehead atoms. The standard InChI is InChI=1S/Ca.H3O4P.H2O3.Sr/c;1-5(2,3)4;1-3-2;/h;(H3,1,2,3,4);1-2H;/q+2;;;+2/p-3. The minimum Gasteiger partial charge on any atom is -0.822 e. The molecule has 2 N–H and O–H groups in total. The molecule has 0 amide bonds. The van der Waals surface area contributed by atoms with Crippen LogP contribution in [0.3, 0.4) is 0 Å². The first-order valence-electron chi connectivity index (χ1n) is 1.10. The van der Waals surface area contributed by atoms with Gasteiger partial charge >= 0.3 is 83.2 Å². The summed E-state index contributed by atoms with van der Waals surface area (Å²) in [4.78, 5) is 25.6. The Hall–Kier alpha value is 2.73. The molecule has 0 aromatic rings. The molecule has 0 radical (unpaired) electrons. The fraction of sp³-hybridized carbons (Fsp3) is 0. The van der Waals surface area contributed by atoms with Gasteiger partial charge in [0.05, 0.1) is 0 Å². The quantitative estimate of drug-likeness (QED) is 0.201. The van der Waals surface area contributed by atoms with Crippen molar-refractivity contribution in [2.24, 2.45) is 0 Å². The molecule has 0 saturated carbocycles. The van der Waals surface area contributed by atoms with Gasteiger partial charge in [0.2, 0.25) is 0 Å². The molecule has 0 fully saturated rings. The fourth-order valence-electron chi connectivity index (χ4n) is 0. The zero-order valence-corrected chi connectivity index (χ0v) is 11.4. The van der Waals surface area contributed by atoms with E-state index in [1.165, 1.54) is 0 Å². The van der Waals surface area contributed by atoms with E-state index in [4.69, 9.17) is 29.8 Å². The average molecular weight is 273 g/mol. The van der Waals surface area contributed by atoms with E-state index in [0.29, 0.717) is 0 Å². The van der Waals surface area contributed by atoms with Crippen molar-refractivity contribution < 1.29 is 34.8 Å². The van der Waals surface area contributed by atoms with Gasteiger partial charge in [-0.3, -0.25) is 0 Å². The van der Waals surface area contributed by atoms with Gasteiger partial charge in [0.15, 0.2) is 0 Å². The van der Waals surface area contributed by atoms with Gasteiger partial charge in [0.1, 0.15) is 0 Å². The minimum atomic E-state index is -5.39. The Kier molecular flexibility index (Phi) is 32.8. The van der Waals surface area contributed by atoms with Crippen LogP contribution in [0.1, 0.15) is 0 Å². The molecule has 0 rings (SSSR count). The third kappa shape index (κ3) is 136. The summed E-state index contributed by atoms with van der Waals surface area (Å²) in [6, 6.07) is 0. The molecule has 0 aliphatic carbocycles. The van der Waals surface area contributed by atoms with Crippen LogP contribution in [0, 0.1) is 0 Å². The maximum absolute atomic E-state index is 8.55. The molecule has 10 heteroatoms. The van der Waals surface area contributed by atoms with Crippen molar-refractivity contribution in [3.8, 4) is 0 Å².